The van der Waals surface area contributed by atoms with Crippen LogP contribution in [0.15, 0.2) is 18.2 Å². The van der Waals surface area contributed by atoms with Gasteiger partial charge in [-0.3, -0.25) is 0 Å². The van der Waals surface area contributed by atoms with E-state index in [0.717, 1.165) is 30.0 Å². The Hall–Kier alpha value is -1.22. The van der Waals surface area contributed by atoms with Crippen molar-refractivity contribution in [1.82, 2.24) is 0 Å². The minimum absolute atomic E-state index is 0.259. The van der Waals surface area contributed by atoms with Crippen molar-refractivity contribution >= 4 is 5.69 Å². The highest BCUT2D eigenvalue weighted by Crippen LogP contribution is 2.32. The summed E-state index contributed by atoms with van der Waals surface area (Å²) in [4.78, 5) is 0. The zero-order valence-corrected chi connectivity index (χ0v) is 9.16. The maximum absolute atomic E-state index is 9.45. The third kappa shape index (κ3) is 2.07. The van der Waals surface area contributed by atoms with Gasteiger partial charge in [-0.15, -0.1) is 0 Å². The van der Waals surface area contributed by atoms with Gasteiger partial charge in [0.1, 0.15) is 11.9 Å². The Morgan fingerprint density at radius 3 is 3.07 bits per heavy atom. The van der Waals surface area contributed by atoms with E-state index < -0.39 is 6.10 Å². The van der Waals surface area contributed by atoms with Gasteiger partial charge in [0.15, 0.2) is 0 Å². The van der Waals surface area contributed by atoms with Gasteiger partial charge < -0.3 is 15.2 Å². The van der Waals surface area contributed by atoms with E-state index in [1.54, 1.807) is 6.92 Å². The lowest BCUT2D eigenvalue weighted by molar-refractivity contribution is 0.195. The van der Waals surface area contributed by atoms with E-state index in [2.05, 4.69) is 12.2 Å². The van der Waals surface area contributed by atoms with Gasteiger partial charge in [-0.1, -0.05) is 13.0 Å². The van der Waals surface area contributed by atoms with E-state index >= 15 is 0 Å². The monoisotopic (exact) mass is 207 g/mol. The minimum Gasteiger partial charge on any atom is -0.486 e. The number of aliphatic hydroxyl groups excluding tert-OH is 1. The van der Waals surface area contributed by atoms with Gasteiger partial charge in [0.25, 0.3) is 0 Å². The topological polar surface area (TPSA) is 41.5 Å². The second-order valence-corrected chi connectivity index (χ2v) is 3.96. The molecule has 2 rings (SSSR count). The Balaban J connectivity index is 2.24. The molecule has 1 aliphatic rings. The molecule has 0 fully saturated rings. The number of anilines is 1. The van der Waals surface area contributed by atoms with Crippen LogP contribution in [0.25, 0.3) is 0 Å². The highest BCUT2D eigenvalue weighted by Gasteiger charge is 2.18. The van der Waals surface area contributed by atoms with E-state index in [0.29, 0.717) is 0 Å². The van der Waals surface area contributed by atoms with Crippen LogP contribution in [0.1, 0.15) is 31.9 Å². The maximum atomic E-state index is 9.45. The molecule has 1 heterocycles. The Bertz CT molecular complexity index is 349. The van der Waals surface area contributed by atoms with Crippen LogP contribution >= 0.6 is 0 Å². The summed E-state index contributed by atoms with van der Waals surface area (Å²) in [7, 11) is 0. The van der Waals surface area contributed by atoms with Crippen molar-refractivity contribution in [3.63, 3.8) is 0 Å². The first-order valence-electron chi connectivity index (χ1n) is 5.43. The van der Waals surface area contributed by atoms with Crippen LogP contribution in [-0.2, 0) is 0 Å². The van der Waals surface area contributed by atoms with Crippen molar-refractivity contribution in [3.8, 4) is 5.75 Å². The summed E-state index contributed by atoms with van der Waals surface area (Å²) in [6.07, 6.45) is 0.834. The molecule has 1 aromatic carbocycles. The van der Waals surface area contributed by atoms with Crippen LogP contribution in [0.4, 0.5) is 5.69 Å². The maximum Gasteiger partial charge on any atom is 0.142 e. The third-order valence-corrected chi connectivity index (χ3v) is 2.76. The Morgan fingerprint density at radius 2 is 2.40 bits per heavy atom. The molecule has 2 atom stereocenters. The van der Waals surface area contributed by atoms with Gasteiger partial charge in [-0.05, 0) is 31.0 Å². The number of benzene rings is 1. The molecular weight excluding hydrogens is 190 g/mol. The molecule has 3 nitrogen and oxygen atoms in total. The van der Waals surface area contributed by atoms with Crippen LogP contribution < -0.4 is 10.1 Å². The minimum atomic E-state index is -0.430. The van der Waals surface area contributed by atoms with E-state index in [1.165, 1.54) is 0 Å². The number of ether oxygens (including phenoxy) is 1. The SMILES string of the molecule is CCC1CNc2cc(C(C)O)ccc2O1. The quantitative estimate of drug-likeness (QED) is 0.782. The van der Waals surface area contributed by atoms with Crippen LogP contribution in [0.3, 0.4) is 0 Å². The van der Waals surface area contributed by atoms with Gasteiger partial charge in [-0.2, -0.15) is 0 Å². The molecule has 2 N–H and O–H groups in total. The lowest BCUT2D eigenvalue weighted by Gasteiger charge is -2.27. The van der Waals surface area contributed by atoms with E-state index in [4.69, 9.17) is 4.74 Å². The summed E-state index contributed by atoms with van der Waals surface area (Å²) in [5, 5.41) is 12.8. The van der Waals surface area contributed by atoms with Gasteiger partial charge in [0, 0.05) is 0 Å². The molecule has 1 aromatic rings. The number of aliphatic hydroxyl groups is 1. The lowest BCUT2D eigenvalue weighted by Crippen LogP contribution is -2.29. The normalized spacial score (nSPS) is 21.1. The standard InChI is InChI=1S/C12H17NO2/c1-3-10-7-13-11-6-9(8(2)14)4-5-12(11)15-10/h4-6,8,10,13-14H,3,7H2,1-2H3. The predicted octanol–water partition coefficient (Wildman–Crippen LogP) is 2.32. The molecule has 82 valence electrons. The molecule has 0 saturated heterocycles. The average Bonchev–Trinajstić information content (AvgIpc) is 2.27. The molecule has 0 radical (unpaired) electrons. The fourth-order valence-electron chi connectivity index (χ4n) is 1.72. The average molecular weight is 207 g/mol. The fourth-order valence-corrected chi connectivity index (χ4v) is 1.72. The third-order valence-electron chi connectivity index (χ3n) is 2.76. The fraction of sp³-hybridized carbons (Fsp3) is 0.500. The largest absolute Gasteiger partial charge is 0.486 e. The molecule has 1 aliphatic heterocycles. The van der Waals surface area contributed by atoms with Crippen LogP contribution in [0, 0.1) is 0 Å². The summed E-state index contributed by atoms with van der Waals surface area (Å²) in [5.41, 5.74) is 1.90. The highest BCUT2D eigenvalue weighted by atomic mass is 16.5. The second kappa shape index (κ2) is 4.11. The Morgan fingerprint density at radius 1 is 1.60 bits per heavy atom. The van der Waals surface area contributed by atoms with E-state index in [9.17, 15) is 5.11 Å². The molecule has 2 unspecified atom stereocenters. The molecule has 3 heteroatoms. The summed E-state index contributed by atoms with van der Waals surface area (Å²) in [6.45, 7) is 4.72. The van der Waals surface area contributed by atoms with Crippen LogP contribution in [0.2, 0.25) is 0 Å². The first-order chi connectivity index (χ1) is 7.20. The van der Waals surface area contributed by atoms with Crippen LogP contribution in [0.5, 0.6) is 5.75 Å². The van der Waals surface area contributed by atoms with Gasteiger partial charge in [0.05, 0.1) is 18.3 Å². The zero-order valence-electron chi connectivity index (χ0n) is 9.16. The summed E-state index contributed by atoms with van der Waals surface area (Å²) >= 11 is 0. The first kappa shape index (κ1) is 10.3. The van der Waals surface area contributed by atoms with Crippen molar-refractivity contribution in [2.24, 2.45) is 0 Å². The first-order valence-corrected chi connectivity index (χ1v) is 5.43. The van der Waals surface area contributed by atoms with Gasteiger partial charge in [-0.25, -0.2) is 0 Å². The number of hydrogen-bond donors (Lipinski definition) is 2. The molecule has 0 aliphatic carbocycles. The van der Waals surface area contributed by atoms with Gasteiger partial charge in [0.2, 0.25) is 0 Å². The summed E-state index contributed by atoms with van der Waals surface area (Å²) in [5.74, 6) is 0.887. The molecule has 0 spiro atoms. The lowest BCUT2D eigenvalue weighted by atomic mass is 10.1. The van der Waals surface area contributed by atoms with Crippen molar-refractivity contribution < 1.29 is 9.84 Å². The van der Waals surface area contributed by atoms with E-state index in [-0.39, 0.29) is 6.10 Å². The zero-order chi connectivity index (χ0) is 10.8. The molecule has 15 heavy (non-hydrogen) atoms. The van der Waals surface area contributed by atoms with E-state index in [1.807, 2.05) is 18.2 Å². The highest BCUT2D eigenvalue weighted by molar-refractivity contribution is 5.59. The number of rotatable bonds is 2. The van der Waals surface area contributed by atoms with Gasteiger partial charge >= 0.3 is 0 Å². The summed E-state index contributed by atoms with van der Waals surface area (Å²) < 4.78 is 5.77. The summed E-state index contributed by atoms with van der Waals surface area (Å²) in [6, 6.07) is 5.78. The number of nitrogens with one attached hydrogen (secondary N) is 1. The van der Waals surface area contributed by atoms with Crippen molar-refractivity contribution in [3.05, 3.63) is 23.8 Å². The Kier molecular flexibility index (Phi) is 2.82. The molecule has 0 aromatic heterocycles. The second-order valence-electron chi connectivity index (χ2n) is 3.96. The molecule has 0 amide bonds. The van der Waals surface area contributed by atoms with Crippen molar-refractivity contribution in [2.75, 3.05) is 11.9 Å². The predicted molar refractivity (Wildman–Crippen MR) is 60.3 cm³/mol. The van der Waals surface area contributed by atoms with Crippen molar-refractivity contribution in [2.45, 2.75) is 32.5 Å². The number of fused-ring (bicyclic) bond motifs is 1. The molecule has 0 saturated carbocycles. The molecular formula is C12H17NO2. The van der Waals surface area contributed by atoms with Crippen LogP contribution in [-0.4, -0.2) is 17.8 Å². The smallest absolute Gasteiger partial charge is 0.142 e. The van der Waals surface area contributed by atoms with Crippen molar-refractivity contribution in [1.29, 1.82) is 0 Å². The number of hydrogen-bond acceptors (Lipinski definition) is 3. The molecule has 0 bridgehead atoms. The Labute approximate surface area is 90.1 Å².